The van der Waals surface area contributed by atoms with Crippen molar-refractivity contribution in [2.45, 2.75) is 20.3 Å². The number of hydrogen-bond acceptors (Lipinski definition) is 3. The van der Waals surface area contributed by atoms with E-state index in [4.69, 9.17) is 10.9 Å². The first-order valence-corrected chi connectivity index (χ1v) is 5.70. The average molecular weight is 249 g/mol. The van der Waals surface area contributed by atoms with Gasteiger partial charge in [0.05, 0.1) is 13.0 Å². The summed E-state index contributed by atoms with van der Waals surface area (Å²) in [4.78, 5) is 13.3. The van der Waals surface area contributed by atoms with E-state index in [1.54, 1.807) is 7.05 Å². The van der Waals surface area contributed by atoms with E-state index in [-0.39, 0.29) is 18.3 Å². The molecule has 0 aliphatic heterocycles. The molecule has 0 saturated heterocycles. The zero-order valence-corrected chi connectivity index (χ0v) is 11.0. The highest BCUT2D eigenvalue weighted by Crippen LogP contribution is 2.11. The lowest BCUT2D eigenvalue weighted by Gasteiger charge is -2.16. The van der Waals surface area contributed by atoms with Crippen LogP contribution in [0, 0.1) is 13.8 Å². The first-order valence-electron chi connectivity index (χ1n) is 5.70. The zero-order valence-electron chi connectivity index (χ0n) is 11.0. The van der Waals surface area contributed by atoms with Gasteiger partial charge in [0.2, 0.25) is 5.91 Å². The van der Waals surface area contributed by atoms with Gasteiger partial charge in [0.25, 0.3) is 0 Å². The second-order valence-electron chi connectivity index (χ2n) is 4.44. The topological polar surface area (TPSA) is 78.9 Å². The second kappa shape index (κ2) is 6.05. The second-order valence-corrected chi connectivity index (χ2v) is 4.44. The van der Waals surface area contributed by atoms with Crippen LogP contribution in [-0.4, -0.2) is 35.4 Å². The van der Waals surface area contributed by atoms with Crippen molar-refractivity contribution in [2.24, 2.45) is 10.9 Å². The number of benzene rings is 1. The van der Waals surface area contributed by atoms with Gasteiger partial charge >= 0.3 is 0 Å². The number of hydrogen-bond donors (Lipinski definition) is 2. The molecular weight excluding hydrogens is 230 g/mol. The van der Waals surface area contributed by atoms with Gasteiger partial charge in [0.15, 0.2) is 5.84 Å². The predicted molar refractivity (Wildman–Crippen MR) is 70.7 cm³/mol. The highest BCUT2D eigenvalue weighted by atomic mass is 16.4. The molecule has 0 heterocycles. The highest BCUT2D eigenvalue weighted by Gasteiger charge is 2.11. The van der Waals surface area contributed by atoms with E-state index < -0.39 is 0 Å². The number of nitrogens with zero attached hydrogens (tertiary/aromatic N) is 2. The van der Waals surface area contributed by atoms with Gasteiger partial charge < -0.3 is 15.8 Å². The molecule has 0 aromatic heterocycles. The third-order valence-electron chi connectivity index (χ3n) is 2.88. The van der Waals surface area contributed by atoms with Crippen LogP contribution in [0.4, 0.5) is 0 Å². The summed E-state index contributed by atoms with van der Waals surface area (Å²) in [6, 6.07) is 5.95. The van der Waals surface area contributed by atoms with E-state index in [2.05, 4.69) is 5.16 Å². The number of oxime groups is 1. The SMILES string of the molecule is Cc1ccc(CC(=O)N(C)CC(N)=NO)cc1C. The van der Waals surface area contributed by atoms with Crippen molar-refractivity contribution in [3.63, 3.8) is 0 Å². The Hall–Kier alpha value is -2.04. The van der Waals surface area contributed by atoms with Crippen LogP contribution in [-0.2, 0) is 11.2 Å². The Morgan fingerprint density at radius 3 is 2.61 bits per heavy atom. The van der Waals surface area contributed by atoms with Crippen molar-refractivity contribution in [3.05, 3.63) is 34.9 Å². The number of carbonyl (C=O) groups is 1. The van der Waals surface area contributed by atoms with Gasteiger partial charge in [-0.1, -0.05) is 23.4 Å². The van der Waals surface area contributed by atoms with Crippen LogP contribution in [0.5, 0.6) is 0 Å². The first-order chi connectivity index (χ1) is 8.43. The summed E-state index contributed by atoms with van der Waals surface area (Å²) in [5.41, 5.74) is 8.69. The van der Waals surface area contributed by atoms with Gasteiger partial charge in [-0.25, -0.2) is 0 Å². The van der Waals surface area contributed by atoms with Gasteiger partial charge in [-0.3, -0.25) is 4.79 Å². The van der Waals surface area contributed by atoms with Crippen molar-refractivity contribution < 1.29 is 10.0 Å². The summed E-state index contributed by atoms with van der Waals surface area (Å²) < 4.78 is 0. The van der Waals surface area contributed by atoms with Crippen LogP contribution < -0.4 is 5.73 Å². The normalized spacial score (nSPS) is 11.4. The van der Waals surface area contributed by atoms with Crippen molar-refractivity contribution in [1.29, 1.82) is 0 Å². The quantitative estimate of drug-likeness (QED) is 0.362. The fourth-order valence-electron chi connectivity index (χ4n) is 1.59. The van der Waals surface area contributed by atoms with Gasteiger partial charge in [0, 0.05) is 7.05 Å². The molecule has 1 rings (SSSR count). The van der Waals surface area contributed by atoms with Crippen LogP contribution in [0.3, 0.4) is 0 Å². The molecule has 5 nitrogen and oxygen atoms in total. The van der Waals surface area contributed by atoms with Gasteiger partial charge in [-0.15, -0.1) is 0 Å². The molecule has 0 radical (unpaired) electrons. The monoisotopic (exact) mass is 249 g/mol. The number of rotatable bonds is 4. The Morgan fingerprint density at radius 2 is 2.06 bits per heavy atom. The van der Waals surface area contributed by atoms with Crippen molar-refractivity contribution >= 4 is 11.7 Å². The fourth-order valence-corrected chi connectivity index (χ4v) is 1.59. The Kier molecular flexibility index (Phi) is 4.71. The molecule has 0 atom stereocenters. The third kappa shape index (κ3) is 3.76. The molecule has 0 aliphatic rings. The Bertz CT molecular complexity index is 469. The van der Waals surface area contributed by atoms with Gasteiger partial charge in [-0.05, 0) is 30.5 Å². The minimum Gasteiger partial charge on any atom is -0.409 e. The molecule has 0 aliphatic carbocycles. The maximum Gasteiger partial charge on any atom is 0.227 e. The molecule has 0 unspecified atom stereocenters. The Labute approximate surface area is 107 Å². The lowest BCUT2D eigenvalue weighted by molar-refractivity contribution is -0.128. The van der Waals surface area contributed by atoms with E-state index in [1.165, 1.54) is 16.0 Å². The number of likely N-dealkylation sites (N-methyl/N-ethyl adjacent to an activating group) is 1. The summed E-state index contributed by atoms with van der Waals surface area (Å²) in [6.07, 6.45) is 0.316. The van der Waals surface area contributed by atoms with Crippen molar-refractivity contribution in [1.82, 2.24) is 4.90 Å². The minimum absolute atomic E-state index is 0.0194. The summed E-state index contributed by atoms with van der Waals surface area (Å²) in [5.74, 6) is -0.0456. The highest BCUT2D eigenvalue weighted by molar-refractivity contribution is 5.87. The van der Waals surface area contributed by atoms with E-state index in [0.717, 1.165) is 5.56 Å². The van der Waals surface area contributed by atoms with E-state index in [0.29, 0.717) is 6.42 Å². The van der Waals surface area contributed by atoms with Crippen molar-refractivity contribution in [2.75, 3.05) is 13.6 Å². The maximum absolute atomic E-state index is 11.9. The van der Waals surface area contributed by atoms with E-state index in [9.17, 15) is 4.79 Å². The molecule has 18 heavy (non-hydrogen) atoms. The number of amides is 1. The molecule has 3 N–H and O–H groups in total. The van der Waals surface area contributed by atoms with Crippen LogP contribution >= 0.6 is 0 Å². The van der Waals surface area contributed by atoms with Crippen LogP contribution in [0.2, 0.25) is 0 Å². The lowest BCUT2D eigenvalue weighted by Crippen LogP contribution is -2.36. The average Bonchev–Trinajstić information content (AvgIpc) is 2.33. The van der Waals surface area contributed by atoms with Crippen molar-refractivity contribution in [3.8, 4) is 0 Å². The first kappa shape index (κ1) is 14.0. The van der Waals surface area contributed by atoms with Gasteiger partial charge in [-0.2, -0.15) is 0 Å². The van der Waals surface area contributed by atoms with Gasteiger partial charge in [0.1, 0.15) is 0 Å². The number of nitrogens with two attached hydrogens (primary N) is 1. The smallest absolute Gasteiger partial charge is 0.227 e. The lowest BCUT2D eigenvalue weighted by atomic mass is 10.0. The molecule has 0 fully saturated rings. The molecule has 0 saturated carbocycles. The molecule has 5 heteroatoms. The third-order valence-corrected chi connectivity index (χ3v) is 2.88. The summed E-state index contributed by atoms with van der Waals surface area (Å²) >= 11 is 0. The van der Waals surface area contributed by atoms with Crippen LogP contribution in [0.15, 0.2) is 23.4 Å². The Morgan fingerprint density at radius 1 is 1.39 bits per heavy atom. The summed E-state index contributed by atoms with van der Waals surface area (Å²) in [6.45, 7) is 4.18. The number of aryl methyl sites for hydroxylation is 2. The number of carbonyl (C=O) groups excluding carboxylic acids is 1. The van der Waals surface area contributed by atoms with E-state index >= 15 is 0 Å². The standard InChI is InChI=1S/C13H19N3O2/c1-9-4-5-11(6-10(9)2)7-13(17)16(3)8-12(14)15-18/h4-6,18H,7-8H2,1-3H3,(H2,14,15). The molecule has 1 amide bonds. The van der Waals surface area contributed by atoms with E-state index in [1.807, 2.05) is 32.0 Å². The molecule has 1 aromatic rings. The summed E-state index contributed by atoms with van der Waals surface area (Å²) in [5, 5.41) is 11.3. The number of amidine groups is 1. The minimum atomic E-state index is -0.0650. The largest absolute Gasteiger partial charge is 0.409 e. The zero-order chi connectivity index (χ0) is 13.7. The molecular formula is C13H19N3O2. The maximum atomic E-state index is 11.9. The molecule has 1 aromatic carbocycles. The molecule has 0 bridgehead atoms. The van der Waals surface area contributed by atoms with Crippen LogP contribution in [0.1, 0.15) is 16.7 Å². The fraction of sp³-hybridized carbons (Fsp3) is 0.385. The predicted octanol–water partition coefficient (Wildman–Crippen LogP) is 1.05. The van der Waals surface area contributed by atoms with Crippen LogP contribution in [0.25, 0.3) is 0 Å². The Balaban J connectivity index is 2.66. The molecule has 0 spiro atoms. The molecule has 98 valence electrons. The summed E-state index contributed by atoms with van der Waals surface area (Å²) in [7, 11) is 1.63.